The number of anilines is 2. The van der Waals surface area contributed by atoms with Crippen LogP contribution in [-0.4, -0.2) is 29.2 Å². The summed E-state index contributed by atoms with van der Waals surface area (Å²) in [6.45, 7) is 0.353. The standard InChI is InChI=1S/C26H26N4O6/c1-34-15-13-29-23(27)21(24(31)28-26(29)33)30(16-18-8-4-2-5-9-18)25(32)22-19(12-14-35-22)17-36-20-10-6-3-7-11-20/h2-12,14H,13,15-17,27H2,1H3,(H,28,31,33). The number of carbonyl (C=O) groups is 1. The SMILES string of the molecule is COCCn1c(N)c(N(Cc2ccccc2)C(=O)c2occc2COc2ccccc2)c(=O)[nH]c1=O. The fourth-order valence-corrected chi connectivity index (χ4v) is 3.70. The van der Waals surface area contributed by atoms with Crippen LogP contribution >= 0.6 is 0 Å². The Bertz CT molecular complexity index is 1430. The summed E-state index contributed by atoms with van der Waals surface area (Å²) in [5, 5.41) is 0. The van der Waals surface area contributed by atoms with E-state index >= 15 is 0 Å². The Morgan fingerprint density at radius 2 is 1.75 bits per heavy atom. The van der Waals surface area contributed by atoms with Crippen LogP contribution in [0, 0.1) is 0 Å². The summed E-state index contributed by atoms with van der Waals surface area (Å²) in [5.41, 5.74) is 5.87. The molecule has 0 spiro atoms. The van der Waals surface area contributed by atoms with Crippen molar-refractivity contribution >= 4 is 17.4 Å². The molecule has 0 saturated carbocycles. The summed E-state index contributed by atoms with van der Waals surface area (Å²) in [4.78, 5) is 42.6. The van der Waals surface area contributed by atoms with E-state index in [4.69, 9.17) is 19.6 Å². The number of carbonyl (C=O) groups excluding carboxylic acids is 1. The molecule has 0 radical (unpaired) electrons. The van der Waals surface area contributed by atoms with E-state index in [-0.39, 0.29) is 43.6 Å². The number of rotatable bonds is 10. The Morgan fingerprint density at radius 3 is 2.44 bits per heavy atom. The van der Waals surface area contributed by atoms with Crippen molar-refractivity contribution in [2.24, 2.45) is 0 Å². The number of nitrogen functional groups attached to an aromatic ring is 1. The first-order valence-corrected chi connectivity index (χ1v) is 11.2. The van der Waals surface area contributed by atoms with Gasteiger partial charge in [-0.2, -0.15) is 0 Å². The molecule has 2 aromatic heterocycles. The Labute approximate surface area is 206 Å². The molecule has 10 nitrogen and oxygen atoms in total. The number of hydrogen-bond acceptors (Lipinski definition) is 7. The Hall–Kier alpha value is -4.57. The van der Waals surface area contributed by atoms with Crippen molar-refractivity contribution in [1.82, 2.24) is 9.55 Å². The lowest BCUT2D eigenvalue weighted by molar-refractivity contribution is 0.0954. The van der Waals surface area contributed by atoms with E-state index in [0.29, 0.717) is 11.3 Å². The number of aromatic amines is 1. The van der Waals surface area contributed by atoms with E-state index < -0.39 is 17.2 Å². The third-order valence-corrected chi connectivity index (χ3v) is 5.51. The molecule has 36 heavy (non-hydrogen) atoms. The number of para-hydroxylation sites is 1. The van der Waals surface area contributed by atoms with Crippen LogP contribution in [0.5, 0.6) is 5.75 Å². The van der Waals surface area contributed by atoms with Gasteiger partial charge in [0.2, 0.25) is 0 Å². The van der Waals surface area contributed by atoms with E-state index in [0.717, 1.165) is 10.1 Å². The van der Waals surface area contributed by atoms with E-state index in [1.165, 1.54) is 18.3 Å². The molecule has 1 amide bonds. The summed E-state index contributed by atoms with van der Waals surface area (Å²) >= 11 is 0. The van der Waals surface area contributed by atoms with Crippen molar-refractivity contribution in [3.63, 3.8) is 0 Å². The lowest BCUT2D eigenvalue weighted by Gasteiger charge is -2.24. The second kappa shape index (κ2) is 11.2. The van der Waals surface area contributed by atoms with E-state index in [1.54, 1.807) is 18.2 Å². The van der Waals surface area contributed by atoms with Crippen molar-refractivity contribution in [3.05, 3.63) is 111 Å². The average molecular weight is 491 g/mol. The van der Waals surface area contributed by atoms with E-state index in [1.807, 2.05) is 48.5 Å². The minimum absolute atomic E-state index is 0.00435. The molecule has 0 atom stereocenters. The number of nitrogens with one attached hydrogen (secondary N) is 1. The van der Waals surface area contributed by atoms with Gasteiger partial charge in [-0.3, -0.25) is 24.0 Å². The maximum Gasteiger partial charge on any atom is 0.330 e. The molecule has 0 aliphatic carbocycles. The van der Waals surface area contributed by atoms with Gasteiger partial charge in [-0.05, 0) is 23.8 Å². The predicted octanol–water partition coefficient (Wildman–Crippen LogP) is 2.78. The fourth-order valence-electron chi connectivity index (χ4n) is 3.70. The zero-order chi connectivity index (χ0) is 25.5. The van der Waals surface area contributed by atoms with Crippen LogP contribution in [0.3, 0.4) is 0 Å². The second-order valence-corrected chi connectivity index (χ2v) is 7.89. The summed E-state index contributed by atoms with van der Waals surface area (Å²) in [5.74, 6) is -0.136. The summed E-state index contributed by atoms with van der Waals surface area (Å²) in [6.07, 6.45) is 1.38. The smallest absolute Gasteiger partial charge is 0.330 e. The van der Waals surface area contributed by atoms with Crippen molar-refractivity contribution in [3.8, 4) is 5.75 Å². The quantitative estimate of drug-likeness (QED) is 0.349. The van der Waals surface area contributed by atoms with Gasteiger partial charge < -0.3 is 19.6 Å². The monoisotopic (exact) mass is 490 g/mol. The van der Waals surface area contributed by atoms with Crippen LogP contribution in [-0.2, 0) is 24.4 Å². The molecule has 2 heterocycles. The molecule has 4 aromatic rings. The first-order chi connectivity index (χ1) is 17.5. The Balaban J connectivity index is 1.74. The summed E-state index contributed by atoms with van der Waals surface area (Å²) < 4.78 is 17.5. The van der Waals surface area contributed by atoms with Gasteiger partial charge in [0.1, 0.15) is 18.2 Å². The number of nitrogens with zero attached hydrogens (tertiary/aromatic N) is 2. The zero-order valence-electron chi connectivity index (χ0n) is 19.7. The first-order valence-electron chi connectivity index (χ1n) is 11.2. The third kappa shape index (κ3) is 5.39. The van der Waals surface area contributed by atoms with E-state index in [9.17, 15) is 14.4 Å². The van der Waals surface area contributed by atoms with Crippen LogP contribution in [0.1, 0.15) is 21.7 Å². The molecule has 0 fully saturated rings. The maximum atomic E-state index is 13.8. The summed E-state index contributed by atoms with van der Waals surface area (Å²) in [7, 11) is 1.48. The number of methoxy groups -OCH3 is 1. The average Bonchev–Trinajstić information content (AvgIpc) is 3.36. The Morgan fingerprint density at radius 1 is 1.06 bits per heavy atom. The molecule has 2 aromatic carbocycles. The molecule has 4 rings (SSSR count). The van der Waals surface area contributed by atoms with Gasteiger partial charge in [0.15, 0.2) is 11.4 Å². The summed E-state index contributed by atoms with van der Waals surface area (Å²) in [6, 6.07) is 19.9. The number of amides is 1. The minimum Gasteiger partial charge on any atom is -0.489 e. The number of hydrogen-bond donors (Lipinski definition) is 2. The van der Waals surface area contributed by atoms with Crippen LogP contribution in [0.25, 0.3) is 0 Å². The lowest BCUT2D eigenvalue weighted by Crippen LogP contribution is -2.41. The van der Waals surface area contributed by atoms with Crippen molar-refractivity contribution < 1.29 is 18.7 Å². The number of furan rings is 1. The van der Waals surface area contributed by atoms with Crippen LogP contribution in [0.15, 0.2) is 87.0 Å². The number of nitrogens with two attached hydrogens (primary N) is 1. The second-order valence-electron chi connectivity index (χ2n) is 7.89. The number of ether oxygens (including phenoxy) is 2. The minimum atomic E-state index is -0.788. The van der Waals surface area contributed by atoms with Crippen LogP contribution in [0.2, 0.25) is 0 Å². The van der Waals surface area contributed by atoms with Crippen molar-refractivity contribution in [1.29, 1.82) is 0 Å². The van der Waals surface area contributed by atoms with Gasteiger partial charge in [-0.1, -0.05) is 48.5 Å². The highest BCUT2D eigenvalue weighted by Crippen LogP contribution is 2.24. The molecule has 0 aliphatic heterocycles. The molecule has 186 valence electrons. The highest BCUT2D eigenvalue weighted by molar-refractivity contribution is 6.06. The predicted molar refractivity (Wildman–Crippen MR) is 134 cm³/mol. The molecule has 0 bridgehead atoms. The highest BCUT2D eigenvalue weighted by Gasteiger charge is 2.29. The lowest BCUT2D eigenvalue weighted by atomic mass is 10.1. The third-order valence-electron chi connectivity index (χ3n) is 5.51. The zero-order valence-corrected chi connectivity index (χ0v) is 19.7. The molecular weight excluding hydrogens is 464 g/mol. The van der Waals surface area contributed by atoms with Gasteiger partial charge in [-0.25, -0.2) is 4.79 Å². The molecule has 10 heteroatoms. The molecule has 0 saturated heterocycles. The van der Waals surface area contributed by atoms with Crippen molar-refractivity contribution in [2.45, 2.75) is 19.7 Å². The molecular formula is C26H26N4O6. The van der Waals surface area contributed by atoms with Gasteiger partial charge in [0.25, 0.3) is 11.5 Å². The Kier molecular flexibility index (Phi) is 7.66. The number of aromatic nitrogens is 2. The van der Waals surface area contributed by atoms with Gasteiger partial charge in [-0.15, -0.1) is 0 Å². The number of benzene rings is 2. The van der Waals surface area contributed by atoms with Crippen LogP contribution < -0.4 is 26.6 Å². The van der Waals surface area contributed by atoms with Crippen molar-refractivity contribution in [2.75, 3.05) is 24.4 Å². The van der Waals surface area contributed by atoms with Gasteiger partial charge >= 0.3 is 5.69 Å². The molecule has 0 unspecified atom stereocenters. The largest absolute Gasteiger partial charge is 0.489 e. The topological polar surface area (TPSA) is 133 Å². The number of H-pyrrole nitrogens is 1. The highest BCUT2D eigenvalue weighted by atomic mass is 16.5. The fraction of sp³-hybridized carbons (Fsp3) is 0.192. The maximum absolute atomic E-state index is 13.8. The normalized spacial score (nSPS) is 10.8. The first kappa shape index (κ1) is 24.6. The van der Waals surface area contributed by atoms with Crippen LogP contribution in [0.4, 0.5) is 11.5 Å². The van der Waals surface area contributed by atoms with E-state index in [2.05, 4.69) is 4.98 Å². The molecule has 0 aliphatic rings. The molecule has 3 N–H and O–H groups in total. The van der Waals surface area contributed by atoms with Gasteiger partial charge in [0, 0.05) is 12.7 Å². The van der Waals surface area contributed by atoms with Gasteiger partial charge in [0.05, 0.1) is 26.0 Å².